The molecule has 7 nitrogen and oxygen atoms in total. The summed E-state index contributed by atoms with van der Waals surface area (Å²) in [6, 6.07) is 14.3. The van der Waals surface area contributed by atoms with Crippen LogP contribution in [0.2, 0.25) is 0 Å². The van der Waals surface area contributed by atoms with E-state index < -0.39 is 12.0 Å². The van der Waals surface area contributed by atoms with E-state index in [4.69, 9.17) is 9.47 Å². The number of rotatable bonds is 6. The second kappa shape index (κ2) is 8.18. The topological polar surface area (TPSA) is 93.0 Å². The summed E-state index contributed by atoms with van der Waals surface area (Å²) in [6.07, 6.45) is 2.22. The van der Waals surface area contributed by atoms with Gasteiger partial charge >= 0.3 is 0 Å². The number of hydrazone groups is 1. The van der Waals surface area contributed by atoms with Gasteiger partial charge in [0, 0.05) is 17.1 Å². The van der Waals surface area contributed by atoms with Crippen LogP contribution in [-0.2, 0) is 4.79 Å². The van der Waals surface area contributed by atoms with Crippen LogP contribution in [0, 0.1) is 0 Å². The van der Waals surface area contributed by atoms with Crippen LogP contribution in [-0.4, -0.2) is 35.4 Å². The molecule has 1 heterocycles. The number of hydrogen-bond acceptors (Lipinski definition) is 6. The van der Waals surface area contributed by atoms with Crippen LogP contribution in [0.1, 0.15) is 12.5 Å². The Kier molecular flexibility index (Phi) is 5.51. The quantitative estimate of drug-likeness (QED) is 0.518. The lowest BCUT2D eigenvalue weighted by Gasteiger charge is -2.14. The number of phenolic OH excluding ortho intramolecular Hbond substituents is 1. The summed E-state index contributed by atoms with van der Waals surface area (Å²) in [5.74, 6) is 0.362. The number of ether oxygens (including phenoxy) is 2. The Bertz CT molecular complexity index is 983. The fourth-order valence-corrected chi connectivity index (χ4v) is 2.48. The Morgan fingerprint density at radius 3 is 2.74 bits per heavy atom. The summed E-state index contributed by atoms with van der Waals surface area (Å²) >= 11 is 0. The summed E-state index contributed by atoms with van der Waals surface area (Å²) in [7, 11) is 1.46. The lowest BCUT2D eigenvalue weighted by molar-refractivity contribution is -0.127. The molecule has 1 aromatic heterocycles. The van der Waals surface area contributed by atoms with Gasteiger partial charge in [0.1, 0.15) is 11.3 Å². The molecule has 0 saturated heterocycles. The lowest BCUT2D eigenvalue weighted by atomic mass is 10.2. The zero-order valence-corrected chi connectivity index (χ0v) is 14.9. The van der Waals surface area contributed by atoms with Crippen LogP contribution in [0.3, 0.4) is 0 Å². The van der Waals surface area contributed by atoms with E-state index in [1.54, 1.807) is 37.4 Å². The number of benzene rings is 2. The van der Waals surface area contributed by atoms with Gasteiger partial charge in [-0.15, -0.1) is 0 Å². The van der Waals surface area contributed by atoms with E-state index in [-0.39, 0.29) is 5.75 Å². The molecule has 1 atom stereocenters. The molecule has 0 saturated carbocycles. The smallest absolute Gasteiger partial charge is 0.280 e. The van der Waals surface area contributed by atoms with Gasteiger partial charge < -0.3 is 14.6 Å². The van der Waals surface area contributed by atoms with Crippen molar-refractivity contribution in [3.05, 3.63) is 60.3 Å². The van der Waals surface area contributed by atoms with Crippen molar-refractivity contribution in [1.29, 1.82) is 0 Å². The fraction of sp³-hybridized carbons (Fsp3) is 0.150. The molecule has 3 rings (SSSR count). The number of aromatic nitrogens is 1. The van der Waals surface area contributed by atoms with Crippen molar-refractivity contribution in [1.82, 2.24) is 10.4 Å². The van der Waals surface area contributed by atoms with Crippen molar-refractivity contribution < 1.29 is 19.4 Å². The number of carbonyl (C=O) groups is 1. The Labute approximate surface area is 156 Å². The largest absolute Gasteiger partial charge is 0.504 e. The van der Waals surface area contributed by atoms with Gasteiger partial charge in [-0.2, -0.15) is 5.10 Å². The fourth-order valence-electron chi connectivity index (χ4n) is 2.48. The maximum Gasteiger partial charge on any atom is 0.280 e. The summed E-state index contributed by atoms with van der Waals surface area (Å²) in [5, 5.41) is 14.8. The number of phenols is 1. The number of fused-ring (bicyclic) bond motifs is 1. The van der Waals surface area contributed by atoms with Crippen molar-refractivity contribution >= 4 is 23.0 Å². The summed E-state index contributed by atoms with van der Waals surface area (Å²) in [4.78, 5) is 16.5. The van der Waals surface area contributed by atoms with Crippen LogP contribution in [0.4, 0.5) is 0 Å². The summed E-state index contributed by atoms with van der Waals surface area (Å²) in [5.41, 5.74) is 3.50. The third-order valence-corrected chi connectivity index (χ3v) is 3.90. The van der Waals surface area contributed by atoms with E-state index in [1.165, 1.54) is 13.3 Å². The van der Waals surface area contributed by atoms with E-state index in [1.807, 2.05) is 24.3 Å². The van der Waals surface area contributed by atoms with Crippen molar-refractivity contribution in [2.45, 2.75) is 13.0 Å². The molecule has 2 N–H and O–H groups in total. The first-order chi connectivity index (χ1) is 13.1. The molecular formula is C20H19N3O4. The molecule has 3 aromatic rings. The van der Waals surface area contributed by atoms with E-state index in [2.05, 4.69) is 15.5 Å². The highest BCUT2D eigenvalue weighted by Gasteiger charge is 2.16. The zero-order valence-electron chi connectivity index (χ0n) is 14.9. The van der Waals surface area contributed by atoms with Gasteiger partial charge in [0.25, 0.3) is 5.91 Å². The maximum atomic E-state index is 12.2. The molecule has 1 unspecified atom stereocenters. The predicted molar refractivity (Wildman–Crippen MR) is 102 cm³/mol. The van der Waals surface area contributed by atoms with Gasteiger partial charge in [0.05, 0.1) is 13.3 Å². The second-order valence-electron chi connectivity index (χ2n) is 5.72. The summed E-state index contributed by atoms with van der Waals surface area (Å²) < 4.78 is 10.8. The molecule has 138 valence electrons. The van der Waals surface area contributed by atoms with Crippen molar-refractivity contribution in [3.8, 4) is 17.2 Å². The highest BCUT2D eigenvalue weighted by Crippen LogP contribution is 2.28. The standard InChI is InChI=1S/C20H19N3O4/c1-13(27-16-9-3-6-14-8-5-11-21-18(14)16)20(25)23-22-12-15-7-4-10-17(26-2)19(15)24/h3-13,24H,1-2H3,(H,23,25)/b22-12+. The van der Waals surface area contributed by atoms with Crippen LogP contribution in [0.15, 0.2) is 59.8 Å². The van der Waals surface area contributed by atoms with Crippen LogP contribution < -0.4 is 14.9 Å². The minimum Gasteiger partial charge on any atom is -0.504 e. The number of methoxy groups -OCH3 is 1. The Morgan fingerprint density at radius 2 is 1.93 bits per heavy atom. The molecule has 7 heteroatoms. The first kappa shape index (κ1) is 18.2. The van der Waals surface area contributed by atoms with E-state index in [0.717, 1.165) is 5.39 Å². The monoisotopic (exact) mass is 365 g/mol. The van der Waals surface area contributed by atoms with Crippen LogP contribution in [0.25, 0.3) is 10.9 Å². The second-order valence-corrected chi connectivity index (χ2v) is 5.72. The third kappa shape index (κ3) is 4.14. The number of hydrogen-bond donors (Lipinski definition) is 2. The average Bonchev–Trinajstić information content (AvgIpc) is 2.69. The SMILES string of the molecule is COc1cccc(/C=N/NC(=O)C(C)Oc2cccc3cccnc23)c1O. The molecule has 0 spiro atoms. The number of nitrogens with zero attached hydrogens (tertiary/aromatic N) is 2. The van der Waals surface area contributed by atoms with Gasteiger partial charge in [-0.1, -0.05) is 24.3 Å². The van der Waals surface area contributed by atoms with Gasteiger partial charge in [0.2, 0.25) is 0 Å². The number of amides is 1. The molecule has 0 fully saturated rings. The summed E-state index contributed by atoms with van der Waals surface area (Å²) in [6.45, 7) is 1.62. The highest BCUT2D eigenvalue weighted by atomic mass is 16.5. The van der Waals surface area contributed by atoms with Crippen LogP contribution >= 0.6 is 0 Å². The molecule has 0 radical (unpaired) electrons. The van der Waals surface area contributed by atoms with Crippen molar-refractivity contribution in [2.75, 3.05) is 7.11 Å². The Balaban J connectivity index is 1.66. The number of pyridine rings is 1. The zero-order chi connectivity index (χ0) is 19.2. The van der Waals surface area contributed by atoms with Gasteiger partial charge in [-0.25, -0.2) is 5.43 Å². The molecule has 0 aliphatic carbocycles. The first-order valence-corrected chi connectivity index (χ1v) is 8.29. The minimum absolute atomic E-state index is 0.0517. The number of nitrogens with one attached hydrogen (secondary N) is 1. The highest BCUT2D eigenvalue weighted by molar-refractivity contribution is 5.88. The van der Waals surface area contributed by atoms with Crippen molar-refractivity contribution in [2.24, 2.45) is 5.10 Å². The molecule has 0 aliphatic heterocycles. The predicted octanol–water partition coefficient (Wildman–Crippen LogP) is 2.87. The van der Waals surface area contributed by atoms with Gasteiger partial charge in [0.15, 0.2) is 17.6 Å². The lowest BCUT2D eigenvalue weighted by Crippen LogP contribution is -2.33. The molecule has 2 aromatic carbocycles. The molecular weight excluding hydrogens is 346 g/mol. The van der Waals surface area contributed by atoms with E-state index in [9.17, 15) is 9.90 Å². The average molecular weight is 365 g/mol. The molecule has 0 bridgehead atoms. The normalized spacial score (nSPS) is 12.1. The first-order valence-electron chi connectivity index (χ1n) is 8.29. The maximum absolute atomic E-state index is 12.2. The van der Waals surface area contributed by atoms with E-state index in [0.29, 0.717) is 22.6 Å². The molecule has 1 amide bonds. The van der Waals surface area contributed by atoms with Crippen LogP contribution in [0.5, 0.6) is 17.2 Å². The Hall–Kier alpha value is -3.61. The van der Waals surface area contributed by atoms with E-state index >= 15 is 0 Å². The van der Waals surface area contributed by atoms with Gasteiger partial charge in [-0.05, 0) is 31.2 Å². The minimum atomic E-state index is -0.784. The third-order valence-electron chi connectivity index (χ3n) is 3.90. The number of para-hydroxylation sites is 2. The molecule has 0 aliphatic rings. The number of aromatic hydroxyl groups is 1. The molecule has 27 heavy (non-hydrogen) atoms. The Morgan fingerprint density at radius 1 is 1.19 bits per heavy atom. The van der Waals surface area contributed by atoms with Gasteiger partial charge in [-0.3, -0.25) is 9.78 Å². The van der Waals surface area contributed by atoms with Crippen molar-refractivity contribution in [3.63, 3.8) is 0 Å². The number of carbonyl (C=O) groups excluding carboxylic acids is 1.